The molecule has 4 N–H and O–H groups in total. The predicted molar refractivity (Wildman–Crippen MR) is 86.5 cm³/mol. The second kappa shape index (κ2) is 9.24. The monoisotopic (exact) mass is 320 g/mol. The summed E-state index contributed by atoms with van der Waals surface area (Å²) in [5, 5.41) is 5.20. The third-order valence-electron chi connectivity index (χ3n) is 3.63. The van der Waals surface area contributed by atoms with E-state index in [-0.39, 0.29) is 31.0 Å². The van der Waals surface area contributed by atoms with Crippen LogP contribution in [0.25, 0.3) is 0 Å². The average molecular weight is 320 g/mol. The van der Waals surface area contributed by atoms with Crippen molar-refractivity contribution in [2.24, 2.45) is 5.73 Å². The molecule has 1 fully saturated rings. The Morgan fingerprint density at radius 2 is 2.00 bits per heavy atom. The molecule has 1 heterocycles. The van der Waals surface area contributed by atoms with E-state index in [9.17, 15) is 9.59 Å². The van der Waals surface area contributed by atoms with E-state index in [0.29, 0.717) is 13.2 Å². The third kappa shape index (κ3) is 6.35. The number of carbonyl (C=O) groups is 2. The van der Waals surface area contributed by atoms with Gasteiger partial charge in [0.15, 0.2) is 0 Å². The van der Waals surface area contributed by atoms with Crippen LogP contribution < -0.4 is 16.4 Å². The van der Waals surface area contributed by atoms with Crippen molar-refractivity contribution < 1.29 is 14.3 Å². The highest BCUT2D eigenvalue weighted by molar-refractivity contribution is 5.85. The predicted octanol–water partition coefficient (Wildman–Crippen LogP) is -0.921. The molecule has 0 radical (unpaired) electrons. The zero-order chi connectivity index (χ0) is 16.5. The van der Waals surface area contributed by atoms with Crippen LogP contribution in [0.4, 0.5) is 0 Å². The van der Waals surface area contributed by atoms with Gasteiger partial charge in [0.25, 0.3) is 0 Å². The molecule has 2 rings (SSSR count). The van der Waals surface area contributed by atoms with E-state index in [1.807, 2.05) is 18.2 Å². The lowest BCUT2D eigenvalue weighted by Gasteiger charge is -2.33. The van der Waals surface area contributed by atoms with Crippen molar-refractivity contribution in [3.63, 3.8) is 0 Å². The number of hydrogen-bond donors (Lipinski definition) is 3. The molecule has 1 atom stereocenters. The molecule has 1 aromatic carbocycles. The molecule has 2 amide bonds. The van der Waals surface area contributed by atoms with Crippen LogP contribution in [-0.2, 0) is 20.9 Å². The molecule has 0 aromatic heterocycles. The first-order valence-corrected chi connectivity index (χ1v) is 7.78. The Kier molecular flexibility index (Phi) is 6.99. The van der Waals surface area contributed by atoms with Gasteiger partial charge in [-0.25, -0.2) is 0 Å². The first kappa shape index (κ1) is 17.4. The van der Waals surface area contributed by atoms with Crippen LogP contribution in [0, 0.1) is 0 Å². The lowest BCUT2D eigenvalue weighted by molar-refractivity contribution is -0.126. The van der Waals surface area contributed by atoms with Crippen molar-refractivity contribution in [1.29, 1.82) is 0 Å². The summed E-state index contributed by atoms with van der Waals surface area (Å²) >= 11 is 0. The number of morpholine rings is 1. The van der Waals surface area contributed by atoms with Crippen LogP contribution in [0.15, 0.2) is 30.3 Å². The first-order chi connectivity index (χ1) is 11.2. The number of hydrogen-bond acceptors (Lipinski definition) is 5. The van der Waals surface area contributed by atoms with Gasteiger partial charge in [-0.15, -0.1) is 0 Å². The van der Waals surface area contributed by atoms with Crippen molar-refractivity contribution in [1.82, 2.24) is 15.5 Å². The van der Waals surface area contributed by atoms with Gasteiger partial charge < -0.3 is 21.1 Å². The topological polar surface area (TPSA) is 96.7 Å². The van der Waals surface area contributed by atoms with Crippen LogP contribution in [0.2, 0.25) is 0 Å². The Morgan fingerprint density at radius 3 is 2.74 bits per heavy atom. The fraction of sp³-hybridized carbons (Fsp3) is 0.500. The molecule has 1 aliphatic rings. The summed E-state index contributed by atoms with van der Waals surface area (Å²) in [6, 6.07) is 10.3. The van der Waals surface area contributed by atoms with E-state index in [2.05, 4.69) is 27.7 Å². The second-order valence-corrected chi connectivity index (χ2v) is 5.50. The summed E-state index contributed by atoms with van der Waals surface area (Å²) in [6.45, 7) is 3.43. The summed E-state index contributed by atoms with van der Waals surface area (Å²) in [5.41, 5.74) is 6.42. The number of rotatable bonds is 7. The molecule has 0 aliphatic carbocycles. The fourth-order valence-corrected chi connectivity index (χ4v) is 2.43. The smallest absolute Gasteiger partial charge is 0.239 e. The summed E-state index contributed by atoms with van der Waals surface area (Å²) in [6.07, 6.45) is -0.0402. The zero-order valence-electron chi connectivity index (χ0n) is 13.2. The van der Waals surface area contributed by atoms with Crippen molar-refractivity contribution in [3.05, 3.63) is 35.9 Å². The molecule has 0 spiro atoms. The number of nitrogens with one attached hydrogen (secondary N) is 2. The van der Waals surface area contributed by atoms with E-state index in [1.54, 1.807) is 0 Å². The Bertz CT molecular complexity index is 509. The van der Waals surface area contributed by atoms with Gasteiger partial charge in [-0.05, 0) is 5.56 Å². The Morgan fingerprint density at radius 1 is 1.22 bits per heavy atom. The largest absolute Gasteiger partial charge is 0.374 e. The molecule has 23 heavy (non-hydrogen) atoms. The number of ether oxygens (including phenoxy) is 1. The van der Waals surface area contributed by atoms with E-state index < -0.39 is 0 Å². The summed E-state index contributed by atoms with van der Waals surface area (Å²) in [7, 11) is 0. The van der Waals surface area contributed by atoms with Gasteiger partial charge in [0.1, 0.15) is 0 Å². The summed E-state index contributed by atoms with van der Waals surface area (Å²) < 4.78 is 5.68. The maximum absolute atomic E-state index is 11.6. The summed E-state index contributed by atoms with van der Waals surface area (Å²) in [5.74, 6) is -0.585. The minimum absolute atomic E-state index is 0.0402. The Labute approximate surface area is 136 Å². The van der Waals surface area contributed by atoms with Gasteiger partial charge in [-0.3, -0.25) is 14.5 Å². The maximum Gasteiger partial charge on any atom is 0.239 e. The fourth-order valence-electron chi connectivity index (χ4n) is 2.43. The van der Waals surface area contributed by atoms with Gasteiger partial charge in [0, 0.05) is 26.2 Å². The molecule has 1 unspecified atom stereocenters. The number of nitrogens with two attached hydrogens (primary N) is 1. The van der Waals surface area contributed by atoms with E-state index in [0.717, 1.165) is 19.6 Å². The van der Waals surface area contributed by atoms with Gasteiger partial charge >= 0.3 is 0 Å². The van der Waals surface area contributed by atoms with Gasteiger partial charge in [0.2, 0.25) is 11.8 Å². The molecular formula is C16H24N4O3. The van der Waals surface area contributed by atoms with Crippen LogP contribution in [0.5, 0.6) is 0 Å². The SMILES string of the molecule is NCC(=O)NCC(=O)NCC1CN(Cc2ccccc2)CCO1. The van der Waals surface area contributed by atoms with Crippen molar-refractivity contribution in [3.8, 4) is 0 Å². The van der Waals surface area contributed by atoms with Crippen LogP contribution in [0.3, 0.4) is 0 Å². The Hall–Kier alpha value is -1.96. The summed E-state index contributed by atoms with van der Waals surface area (Å²) in [4.78, 5) is 24.9. The Balaban J connectivity index is 1.69. The molecular weight excluding hydrogens is 296 g/mol. The van der Waals surface area contributed by atoms with Gasteiger partial charge in [-0.1, -0.05) is 30.3 Å². The normalized spacial score (nSPS) is 18.4. The third-order valence-corrected chi connectivity index (χ3v) is 3.63. The van der Waals surface area contributed by atoms with Gasteiger partial charge in [-0.2, -0.15) is 0 Å². The molecule has 7 heteroatoms. The highest BCUT2D eigenvalue weighted by Gasteiger charge is 2.21. The average Bonchev–Trinajstić information content (AvgIpc) is 2.59. The van der Waals surface area contributed by atoms with Crippen LogP contribution in [-0.4, -0.2) is 62.1 Å². The van der Waals surface area contributed by atoms with Gasteiger partial charge in [0.05, 0.1) is 25.8 Å². The zero-order valence-corrected chi connectivity index (χ0v) is 13.2. The first-order valence-electron chi connectivity index (χ1n) is 7.78. The van der Waals surface area contributed by atoms with Crippen LogP contribution in [0.1, 0.15) is 5.56 Å². The van der Waals surface area contributed by atoms with Crippen LogP contribution >= 0.6 is 0 Å². The highest BCUT2D eigenvalue weighted by atomic mass is 16.5. The standard InChI is InChI=1S/C16H24N4O3/c17-8-15(21)19-10-16(22)18-9-14-12-20(6-7-23-14)11-13-4-2-1-3-5-13/h1-5,14H,6-12,17H2,(H,18,22)(H,19,21). The van der Waals surface area contributed by atoms with Crippen molar-refractivity contribution in [2.45, 2.75) is 12.6 Å². The van der Waals surface area contributed by atoms with E-state index >= 15 is 0 Å². The van der Waals surface area contributed by atoms with E-state index in [4.69, 9.17) is 10.5 Å². The second-order valence-electron chi connectivity index (χ2n) is 5.50. The quantitative estimate of drug-likeness (QED) is 0.604. The maximum atomic E-state index is 11.6. The molecule has 1 saturated heterocycles. The highest BCUT2D eigenvalue weighted by Crippen LogP contribution is 2.09. The molecule has 1 aliphatic heterocycles. The minimum Gasteiger partial charge on any atom is -0.374 e. The lowest BCUT2D eigenvalue weighted by Crippen LogP contribution is -2.48. The molecule has 0 bridgehead atoms. The van der Waals surface area contributed by atoms with Crippen molar-refractivity contribution >= 4 is 11.8 Å². The number of benzene rings is 1. The number of carbonyl (C=O) groups excluding carboxylic acids is 2. The lowest BCUT2D eigenvalue weighted by atomic mass is 10.2. The van der Waals surface area contributed by atoms with Crippen molar-refractivity contribution in [2.75, 3.05) is 39.3 Å². The number of nitrogens with zero attached hydrogens (tertiary/aromatic N) is 1. The molecule has 7 nitrogen and oxygen atoms in total. The van der Waals surface area contributed by atoms with E-state index in [1.165, 1.54) is 5.56 Å². The molecule has 0 saturated carbocycles. The minimum atomic E-state index is -0.344. The molecule has 1 aromatic rings. The number of amides is 2. The molecule has 126 valence electrons.